The van der Waals surface area contributed by atoms with E-state index in [1.54, 1.807) is 46.2 Å². The lowest BCUT2D eigenvalue weighted by Crippen LogP contribution is -2.23. The standard InChI is InChI=1S/C24H26F2N10O3/c1-24(25,26)39-19-6-4-5-17(11-19)12-27-22(37)20-15-35(33-31-20)9-2-3-10-36-16-21(32-34-36)23(38)28-13-18-7-8-29-30-14-18/h4-8,11,14-16H,2-3,9-10,12-13H2,1H3,(H,27,37)(H,28,38). The number of carbonyl (C=O) groups is 2. The molecule has 204 valence electrons. The van der Waals surface area contributed by atoms with Crippen molar-refractivity contribution in [3.63, 3.8) is 0 Å². The lowest BCUT2D eigenvalue weighted by molar-refractivity contribution is -0.159. The Hall–Kier alpha value is -4.82. The second kappa shape index (κ2) is 12.6. The molecule has 0 aliphatic carbocycles. The second-order valence-electron chi connectivity index (χ2n) is 8.61. The summed E-state index contributed by atoms with van der Waals surface area (Å²) in [4.78, 5) is 24.7. The van der Waals surface area contributed by atoms with E-state index < -0.39 is 12.0 Å². The van der Waals surface area contributed by atoms with Gasteiger partial charge in [-0.2, -0.15) is 19.0 Å². The zero-order chi connectivity index (χ0) is 27.7. The van der Waals surface area contributed by atoms with Crippen molar-refractivity contribution in [2.75, 3.05) is 0 Å². The van der Waals surface area contributed by atoms with Crippen LogP contribution in [0.2, 0.25) is 0 Å². The number of carbonyl (C=O) groups excluding carboxylic acids is 2. The third-order valence-electron chi connectivity index (χ3n) is 5.31. The summed E-state index contributed by atoms with van der Waals surface area (Å²) in [5, 5.41) is 28.6. The summed E-state index contributed by atoms with van der Waals surface area (Å²) in [5.74, 6) is -0.776. The quantitative estimate of drug-likeness (QED) is 0.242. The molecule has 0 aliphatic heterocycles. The maximum Gasteiger partial charge on any atom is 0.394 e. The SMILES string of the molecule is CC(F)(F)Oc1cccc(CNC(=O)c2cn(CCCCn3cc(C(=O)NCc4ccnnc4)nn3)nn2)c1. The fourth-order valence-electron chi connectivity index (χ4n) is 3.47. The molecule has 0 saturated carbocycles. The minimum Gasteiger partial charge on any atom is -0.433 e. The number of aromatic nitrogens is 8. The Morgan fingerprint density at radius 1 is 0.897 bits per heavy atom. The molecule has 0 aliphatic rings. The molecule has 0 radical (unpaired) electrons. The van der Waals surface area contributed by atoms with Crippen molar-refractivity contribution in [2.24, 2.45) is 0 Å². The number of nitrogens with zero attached hydrogens (tertiary/aromatic N) is 8. The van der Waals surface area contributed by atoms with E-state index in [-0.39, 0.29) is 29.6 Å². The Morgan fingerprint density at radius 2 is 1.51 bits per heavy atom. The van der Waals surface area contributed by atoms with Crippen molar-refractivity contribution in [2.45, 2.75) is 52.1 Å². The molecule has 1 aromatic carbocycles. The summed E-state index contributed by atoms with van der Waals surface area (Å²) < 4.78 is 33.8. The number of halogens is 2. The van der Waals surface area contributed by atoms with Crippen molar-refractivity contribution in [3.8, 4) is 5.75 Å². The fourth-order valence-corrected chi connectivity index (χ4v) is 3.47. The number of nitrogens with one attached hydrogen (secondary N) is 2. The molecular weight excluding hydrogens is 514 g/mol. The number of hydrogen-bond acceptors (Lipinski definition) is 9. The van der Waals surface area contributed by atoms with E-state index in [0.717, 1.165) is 18.4 Å². The Bertz CT molecular complexity index is 1390. The van der Waals surface area contributed by atoms with E-state index in [9.17, 15) is 18.4 Å². The number of amides is 2. The maximum absolute atomic E-state index is 13.0. The zero-order valence-corrected chi connectivity index (χ0v) is 21.0. The van der Waals surface area contributed by atoms with Gasteiger partial charge in [0.15, 0.2) is 11.4 Å². The van der Waals surface area contributed by atoms with Gasteiger partial charge in [-0.15, -0.1) is 10.2 Å². The first-order valence-corrected chi connectivity index (χ1v) is 12.0. The van der Waals surface area contributed by atoms with Gasteiger partial charge in [-0.05, 0) is 42.2 Å². The smallest absolute Gasteiger partial charge is 0.394 e. The molecular formula is C24H26F2N10O3. The highest BCUT2D eigenvalue weighted by atomic mass is 19.3. The minimum absolute atomic E-state index is 0.00404. The van der Waals surface area contributed by atoms with Gasteiger partial charge in [-0.1, -0.05) is 22.6 Å². The van der Waals surface area contributed by atoms with E-state index in [1.807, 2.05) is 0 Å². The van der Waals surface area contributed by atoms with Crippen molar-refractivity contribution >= 4 is 11.8 Å². The molecule has 3 heterocycles. The molecule has 13 nitrogen and oxygen atoms in total. The van der Waals surface area contributed by atoms with E-state index in [0.29, 0.717) is 32.1 Å². The van der Waals surface area contributed by atoms with Crippen LogP contribution in [0.1, 0.15) is 51.9 Å². The number of alkyl halides is 2. The lowest BCUT2D eigenvalue weighted by Gasteiger charge is -2.13. The molecule has 39 heavy (non-hydrogen) atoms. The summed E-state index contributed by atoms with van der Waals surface area (Å²) in [6.07, 6.45) is 4.37. The first kappa shape index (κ1) is 27.2. The van der Waals surface area contributed by atoms with Crippen molar-refractivity contribution in [1.82, 2.24) is 50.8 Å². The summed E-state index contributed by atoms with van der Waals surface area (Å²) >= 11 is 0. The largest absolute Gasteiger partial charge is 0.433 e. The number of hydrogen-bond donors (Lipinski definition) is 2. The van der Waals surface area contributed by atoms with Crippen LogP contribution in [-0.2, 0) is 26.2 Å². The van der Waals surface area contributed by atoms with Crippen LogP contribution >= 0.6 is 0 Å². The van der Waals surface area contributed by atoms with E-state index in [1.165, 1.54) is 18.3 Å². The average molecular weight is 541 g/mol. The van der Waals surface area contributed by atoms with Gasteiger partial charge >= 0.3 is 6.11 Å². The summed E-state index contributed by atoms with van der Waals surface area (Å²) in [6, 6.07) is 7.85. The van der Waals surface area contributed by atoms with Gasteiger partial charge in [0.2, 0.25) is 0 Å². The predicted molar refractivity (Wildman–Crippen MR) is 131 cm³/mol. The van der Waals surface area contributed by atoms with Crippen molar-refractivity contribution < 1.29 is 23.1 Å². The predicted octanol–water partition coefficient (Wildman–Crippen LogP) is 1.99. The van der Waals surface area contributed by atoms with Gasteiger partial charge in [-0.25, -0.2) is 0 Å². The minimum atomic E-state index is -3.30. The Labute approximate surface area is 221 Å². The lowest BCUT2D eigenvalue weighted by atomic mass is 10.2. The fraction of sp³-hybridized carbons (Fsp3) is 0.333. The van der Waals surface area contributed by atoms with E-state index >= 15 is 0 Å². The molecule has 0 atom stereocenters. The number of rotatable bonds is 13. The Kier molecular flexibility index (Phi) is 8.81. The number of ether oxygens (including phenoxy) is 1. The van der Waals surface area contributed by atoms with Crippen LogP contribution < -0.4 is 15.4 Å². The van der Waals surface area contributed by atoms with E-state index in [2.05, 4.69) is 46.2 Å². The van der Waals surface area contributed by atoms with Crippen LogP contribution in [0.15, 0.2) is 55.1 Å². The van der Waals surface area contributed by atoms with Gasteiger partial charge in [0.1, 0.15) is 5.75 Å². The van der Waals surface area contributed by atoms with Crippen LogP contribution in [0.4, 0.5) is 8.78 Å². The van der Waals surface area contributed by atoms with Crippen molar-refractivity contribution in [1.29, 1.82) is 0 Å². The molecule has 2 amide bonds. The number of aryl methyl sites for hydroxylation is 2. The number of benzene rings is 1. The third kappa shape index (κ3) is 8.62. The summed E-state index contributed by atoms with van der Waals surface area (Å²) in [5.41, 5.74) is 1.77. The van der Waals surface area contributed by atoms with Crippen LogP contribution in [0, 0.1) is 0 Å². The van der Waals surface area contributed by atoms with E-state index in [4.69, 9.17) is 0 Å². The molecule has 0 bridgehead atoms. The van der Waals surface area contributed by atoms with Gasteiger partial charge in [0, 0.05) is 39.3 Å². The van der Waals surface area contributed by atoms with Crippen LogP contribution in [-0.4, -0.2) is 58.1 Å². The first-order chi connectivity index (χ1) is 18.7. The van der Waals surface area contributed by atoms with Gasteiger partial charge in [-0.3, -0.25) is 19.0 Å². The van der Waals surface area contributed by atoms with Crippen LogP contribution in [0.25, 0.3) is 0 Å². The third-order valence-corrected chi connectivity index (χ3v) is 5.31. The van der Waals surface area contributed by atoms with Gasteiger partial charge < -0.3 is 15.4 Å². The number of unbranched alkanes of at least 4 members (excludes halogenated alkanes) is 1. The van der Waals surface area contributed by atoms with Crippen LogP contribution in [0.3, 0.4) is 0 Å². The molecule has 15 heteroatoms. The van der Waals surface area contributed by atoms with Crippen LogP contribution in [0.5, 0.6) is 5.75 Å². The molecule has 0 saturated heterocycles. The van der Waals surface area contributed by atoms with Gasteiger partial charge in [0.05, 0.1) is 18.6 Å². The van der Waals surface area contributed by atoms with Crippen molar-refractivity contribution in [3.05, 3.63) is 77.6 Å². The molecule has 2 N–H and O–H groups in total. The topological polar surface area (TPSA) is 155 Å². The average Bonchev–Trinajstić information content (AvgIpc) is 3.58. The maximum atomic E-state index is 13.0. The highest BCUT2D eigenvalue weighted by Gasteiger charge is 2.23. The normalized spacial score (nSPS) is 11.3. The second-order valence-corrected chi connectivity index (χ2v) is 8.61. The molecule has 3 aromatic heterocycles. The highest BCUT2D eigenvalue weighted by molar-refractivity contribution is 5.92. The molecule has 0 unspecified atom stereocenters. The molecule has 4 aromatic rings. The molecule has 0 fully saturated rings. The first-order valence-electron chi connectivity index (χ1n) is 12.0. The molecule has 0 spiro atoms. The zero-order valence-electron chi connectivity index (χ0n) is 21.0. The Morgan fingerprint density at radius 3 is 2.08 bits per heavy atom. The summed E-state index contributed by atoms with van der Waals surface area (Å²) in [7, 11) is 0. The Balaban J connectivity index is 1.16. The monoisotopic (exact) mass is 540 g/mol. The highest BCUT2D eigenvalue weighted by Crippen LogP contribution is 2.21. The summed E-state index contributed by atoms with van der Waals surface area (Å²) in [6.45, 7) is 2.14. The molecule has 4 rings (SSSR count). The van der Waals surface area contributed by atoms with Gasteiger partial charge in [0.25, 0.3) is 11.8 Å².